The third-order valence-electron chi connectivity index (χ3n) is 12.0. The van der Waals surface area contributed by atoms with Crippen LogP contribution in [0.5, 0.6) is 0 Å². The van der Waals surface area contributed by atoms with Gasteiger partial charge in [0.05, 0.1) is 50.8 Å². The van der Waals surface area contributed by atoms with Gasteiger partial charge >= 0.3 is 0 Å². The van der Waals surface area contributed by atoms with Gasteiger partial charge in [0, 0.05) is 43.2 Å². The zero-order valence-electron chi connectivity index (χ0n) is 26.4. The maximum Gasteiger partial charge on any atom is 0.226 e. The van der Waals surface area contributed by atoms with Crippen molar-refractivity contribution in [2.24, 2.45) is 29.4 Å². The van der Waals surface area contributed by atoms with Crippen molar-refractivity contribution in [1.29, 1.82) is 0 Å². The fourth-order valence-corrected chi connectivity index (χ4v) is 9.71. The molecule has 11 unspecified atom stereocenters. The first-order valence-electron chi connectivity index (χ1n) is 17.5. The number of hydrazine groups is 1. The van der Waals surface area contributed by atoms with Crippen molar-refractivity contribution in [2.45, 2.75) is 100 Å². The predicted molar refractivity (Wildman–Crippen MR) is 165 cm³/mol. The quantitative estimate of drug-likeness (QED) is 0.144. The Balaban J connectivity index is 1.00. The largest absolute Gasteiger partial charge is 0.472 e. The lowest BCUT2D eigenvalue weighted by molar-refractivity contribution is -0.133. The summed E-state index contributed by atoms with van der Waals surface area (Å²) in [5.74, 6) is 0.564. The molecule has 8 rings (SSSR count). The number of nitrogens with one attached hydrogen (secondary N) is 6. The highest BCUT2D eigenvalue weighted by Gasteiger charge is 2.55. The number of carbonyl (C=O) groups is 2. The third-order valence-corrected chi connectivity index (χ3v) is 12.0. The number of amides is 1. The molecule has 0 aromatic carbocycles. The van der Waals surface area contributed by atoms with Gasteiger partial charge in [0.25, 0.3) is 0 Å². The standard InChI is InChI=1S/C31H51N9O6/c32-28(43)25-29(37-31(40-15-34-38-30(25)40)36-20-3-1-2-4-22(20)41)35-16-11-18(17-5-6-33-21(17)12-16)19-14-45-27-23(42)13-24(46-26(19)27)39-7-9-44-10-8-39/h13,16-22,25-27,29-31,33-38,41H,1-12,14-15H2,(H2,32,43)/t16?,17?,18?,19?,20-,21?,22+,25?,26?,27?,29?,30?,31?/m1/s1. The molecule has 0 aromatic heterocycles. The van der Waals surface area contributed by atoms with Gasteiger partial charge in [0.1, 0.15) is 12.4 Å². The van der Waals surface area contributed by atoms with E-state index in [2.05, 4.69) is 41.9 Å². The van der Waals surface area contributed by atoms with E-state index in [9.17, 15) is 14.7 Å². The second-order valence-corrected chi connectivity index (χ2v) is 14.5. The van der Waals surface area contributed by atoms with E-state index in [-0.39, 0.29) is 60.3 Å². The van der Waals surface area contributed by atoms with E-state index < -0.39 is 18.1 Å². The average molecular weight is 646 g/mol. The zero-order valence-corrected chi connectivity index (χ0v) is 26.4. The smallest absolute Gasteiger partial charge is 0.226 e. The van der Waals surface area contributed by atoms with E-state index in [1.54, 1.807) is 6.08 Å². The van der Waals surface area contributed by atoms with Crippen LogP contribution in [0.15, 0.2) is 12.0 Å². The van der Waals surface area contributed by atoms with Gasteiger partial charge < -0.3 is 35.3 Å². The highest BCUT2D eigenvalue weighted by Crippen LogP contribution is 2.46. The number of carbonyl (C=O) groups excluding carboxylic acids is 2. The number of hydrogen-bond acceptors (Lipinski definition) is 14. The molecule has 7 fully saturated rings. The van der Waals surface area contributed by atoms with E-state index in [1.807, 2.05) is 0 Å². The summed E-state index contributed by atoms with van der Waals surface area (Å²) < 4.78 is 18.3. The highest BCUT2D eigenvalue weighted by atomic mass is 16.6. The molecule has 46 heavy (non-hydrogen) atoms. The van der Waals surface area contributed by atoms with Crippen molar-refractivity contribution in [3.05, 3.63) is 12.0 Å². The van der Waals surface area contributed by atoms with Gasteiger partial charge in [0.15, 0.2) is 17.8 Å². The van der Waals surface area contributed by atoms with Crippen LogP contribution in [0.4, 0.5) is 0 Å². The van der Waals surface area contributed by atoms with Crippen LogP contribution in [0.25, 0.3) is 0 Å². The molecule has 8 aliphatic rings. The van der Waals surface area contributed by atoms with Crippen molar-refractivity contribution in [3.63, 3.8) is 0 Å². The minimum atomic E-state index is -0.566. The van der Waals surface area contributed by atoms with Crippen LogP contribution < -0.4 is 37.9 Å². The number of hydrogen-bond donors (Lipinski definition) is 8. The topological polar surface area (TPSA) is 187 Å². The lowest BCUT2D eigenvalue weighted by Gasteiger charge is -2.50. The molecular formula is C31H51N9O6. The van der Waals surface area contributed by atoms with E-state index in [0.717, 1.165) is 51.5 Å². The molecule has 15 heteroatoms. The predicted octanol–water partition coefficient (Wildman–Crippen LogP) is -2.61. The minimum Gasteiger partial charge on any atom is -0.472 e. The molecule has 5 saturated heterocycles. The van der Waals surface area contributed by atoms with Crippen molar-refractivity contribution in [2.75, 3.05) is 46.1 Å². The van der Waals surface area contributed by atoms with Crippen molar-refractivity contribution < 1.29 is 28.9 Å². The summed E-state index contributed by atoms with van der Waals surface area (Å²) >= 11 is 0. The van der Waals surface area contributed by atoms with Crippen molar-refractivity contribution >= 4 is 11.7 Å². The number of ether oxygens (including phenoxy) is 3. The van der Waals surface area contributed by atoms with Crippen molar-refractivity contribution in [3.8, 4) is 0 Å². The SMILES string of the molecule is NC(=O)C1C(NC2CC3NCCC3C(C3COC4C(=O)C=C(N5CCOCC5)OC43)C2)NC(N[C@@H]2CCCC[C@@H]2O)N2CNNC12. The van der Waals surface area contributed by atoms with Gasteiger partial charge in [-0.2, -0.15) is 0 Å². The number of primary amides is 1. The van der Waals surface area contributed by atoms with Crippen LogP contribution in [-0.4, -0.2) is 128 Å². The molecule has 0 bridgehead atoms. The van der Waals surface area contributed by atoms with E-state index in [4.69, 9.17) is 19.9 Å². The summed E-state index contributed by atoms with van der Waals surface area (Å²) in [5.41, 5.74) is 12.6. The number of nitrogens with zero attached hydrogens (tertiary/aromatic N) is 2. The van der Waals surface area contributed by atoms with Gasteiger partial charge in [-0.05, 0) is 50.5 Å². The normalized spacial score (nSPS) is 46.3. The van der Waals surface area contributed by atoms with E-state index >= 15 is 0 Å². The summed E-state index contributed by atoms with van der Waals surface area (Å²) in [6, 6.07) is 0.407. The van der Waals surface area contributed by atoms with Crippen LogP contribution >= 0.6 is 0 Å². The van der Waals surface area contributed by atoms with Gasteiger partial charge in [-0.1, -0.05) is 12.8 Å². The summed E-state index contributed by atoms with van der Waals surface area (Å²) in [5, 5.41) is 25.7. The Morgan fingerprint density at radius 3 is 2.74 bits per heavy atom. The molecule has 0 spiro atoms. The molecule has 2 saturated carbocycles. The number of fused-ring (bicyclic) bond motifs is 3. The summed E-state index contributed by atoms with van der Waals surface area (Å²) in [6.07, 6.45) is 6.12. The third kappa shape index (κ3) is 5.86. The summed E-state index contributed by atoms with van der Waals surface area (Å²) in [6.45, 7) is 4.67. The molecule has 256 valence electrons. The molecule has 0 radical (unpaired) electrons. The van der Waals surface area contributed by atoms with Crippen LogP contribution in [0.3, 0.4) is 0 Å². The second kappa shape index (κ2) is 13.2. The lowest BCUT2D eigenvalue weighted by Crippen LogP contribution is -2.76. The second-order valence-electron chi connectivity index (χ2n) is 14.5. The average Bonchev–Trinajstić information content (AvgIpc) is 3.82. The molecule has 9 N–H and O–H groups in total. The van der Waals surface area contributed by atoms with Crippen LogP contribution in [0, 0.1) is 23.7 Å². The number of nitrogens with two attached hydrogens (primary N) is 1. The van der Waals surface area contributed by atoms with Gasteiger partial charge in [-0.15, -0.1) is 0 Å². The van der Waals surface area contributed by atoms with E-state index in [0.29, 0.717) is 57.4 Å². The molecule has 6 aliphatic heterocycles. The highest BCUT2D eigenvalue weighted by molar-refractivity contribution is 5.95. The Hall–Kier alpha value is -1.92. The van der Waals surface area contributed by atoms with Crippen LogP contribution in [0.1, 0.15) is 44.9 Å². The fraction of sp³-hybridized carbons (Fsp3) is 0.871. The van der Waals surface area contributed by atoms with E-state index in [1.165, 1.54) is 0 Å². The number of rotatable bonds is 7. The Morgan fingerprint density at radius 2 is 1.91 bits per heavy atom. The number of ketones is 1. The first kappa shape index (κ1) is 31.4. The fourth-order valence-electron chi connectivity index (χ4n) is 9.71. The first-order valence-corrected chi connectivity index (χ1v) is 17.5. The molecule has 15 nitrogen and oxygen atoms in total. The van der Waals surface area contributed by atoms with Crippen LogP contribution in [-0.2, 0) is 23.8 Å². The molecule has 0 aromatic rings. The number of aliphatic hydroxyl groups is 1. The Bertz CT molecular complexity index is 1170. The van der Waals surface area contributed by atoms with Gasteiger partial charge in [0.2, 0.25) is 5.91 Å². The Kier molecular flexibility index (Phi) is 8.98. The van der Waals surface area contributed by atoms with Gasteiger partial charge in [-0.3, -0.25) is 25.5 Å². The molecule has 2 aliphatic carbocycles. The first-order chi connectivity index (χ1) is 22.4. The zero-order chi connectivity index (χ0) is 31.4. The number of aliphatic hydroxyl groups excluding tert-OH is 1. The molecule has 1 amide bonds. The lowest BCUT2D eigenvalue weighted by atomic mass is 9.67. The summed E-state index contributed by atoms with van der Waals surface area (Å²) in [4.78, 5) is 30.5. The van der Waals surface area contributed by atoms with Crippen LogP contribution in [0.2, 0.25) is 0 Å². The summed E-state index contributed by atoms with van der Waals surface area (Å²) in [7, 11) is 0. The van der Waals surface area contributed by atoms with Gasteiger partial charge in [-0.25, -0.2) is 15.8 Å². The number of morpholine rings is 1. The maximum absolute atomic E-state index is 13.2. The minimum absolute atomic E-state index is 0.00798. The van der Waals surface area contributed by atoms with Crippen molar-refractivity contribution in [1.82, 2.24) is 41.9 Å². The molecule has 6 heterocycles. The maximum atomic E-state index is 13.2. The molecular weight excluding hydrogens is 594 g/mol. The Morgan fingerprint density at radius 1 is 1.07 bits per heavy atom. The monoisotopic (exact) mass is 645 g/mol. The Labute approximate surface area is 270 Å². The molecule has 13 atom stereocenters.